The van der Waals surface area contributed by atoms with Crippen LogP contribution in [-0.4, -0.2) is 86.1 Å². The summed E-state index contributed by atoms with van der Waals surface area (Å²) in [5.41, 5.74) is 3.34. The van der Waals surface area contributed by atoms with Crippen LogP contribution in [0.15, 0.2) is 83.4 Å². The van der Waals surface area contributed by atoms with E-state index in [0.29, 0.717) is 33.0 Å². The lowest BCUT2D eigenvalue weighted by molar-refractivity contribution is -0.154. The third kappa shape index (κ3) is 14.3. The predicted molar refractivity (Wildman–Crippen MR) is 211 cm³/mol. The van der Waals surface area contributed by atoms with Gasteiger partial charge in [0.25, 0.3) is 11.8 Å². The molecule has 0 bridgehead atoms. The Balaban J connectivity index is 0.000000228. The Kier molecular flexibility index (Phi) is 15.6. The third-order valence-electron chi connectivity index (χ3n) is 8.66. The van der Waals surface area contributed by atoms with Crippen LogP contribution in [0.4, 0.5) is 26.3 Å². The summed E-state index contributed by atoms with van der Waals surface area (Å²) in [5.74, 6) is -0.747. The molecular formula is C40H38Cl2F6N6O6. The number of alkyl halides is 6. The predicted octanol–water partition coefficient (Wildman–Crippen LogP) is 8.97. The summed E-state index contributed by atoms with van der Waals surface area (Å²) in [6.07, 6.45) is -2.73. The van der Waals surface area contributed by atoms with Crippen molar-refractivity contribution in [3.05, 3.63) is 94.2 Å². The summed E-state index contributed by atoms with van der Waals surface area (Å²) in [4.78, 5) is 42.6. The number of carbonyl (C=O) groups excluding carboxylic acids is 2. The Morgan fingerprint density at radius 3 is 1.30 bits per heavy atom. The molecule has 6 rings (SSSR count). The fourth-order valence-electron chi connectivity index (χ4n) is 5.47. The van der Waals surface area contributed by atoms with Crippen LogP contribution >= 0.6 is 23.2 Å². The molecule has 2 aromatic heterocycles. The number of hydrogen-bond acceptors (Lipinski definition) is 10. The average Bonchev–Trinajstić information content (AvgIpc) is 4.15. The van der Waals surface area contributed by atoms with Gasteiger partial charge in [0.15, 0.2) is 13.2 Å². The first-order valence-corrected chi connectivity index (χ1v) is 19.0. The number of amides is 2. The van der Waals surface area contributed by atoms with Crippen molar-refractivity contribution < 1.29 is 55.1 Å². The Labute approximate surface area is 350 Å². The van der Waals surface area contributed by atoms with Crippen LogP contribution in [0.1, 0.15) is 46.4 Å². The summed E-state index contributed by atoms with van der Waals surface area (Å²) in [7, 11) is 2.87. The molecule has 2 aromatic carbocycles. The minimum Gasteiger partial charge on any atom is -0.468 e. The zero-order chi connectivity index (χ0) is 43.5. The van der Waals surface area contributed by atoms with Gasteiger partial charge in [-0.2, -0.15) is 26.3 Å². The van der Waals surface area contributed by atoms with Crippen molar-refractivity contribution in [3.8, 4) is 34.0 Å². The second-order valence-corrected chi connectivity index (χ2v) is 14.3. The Morgan fingerprint density at radius 2 is 1.00 bits per heavy atom. The first-order chi connectivity index (χ1) is 28.5. The molecule has 0 radical (unpaired) electrons. The highest BCUT2D eigenvalue weighted by Gasteiger charge is 2.32. The summed E-state index contributed by atoms with van der Waals surface area (Å²) >= 11 is 11.8. The zero-order valence-corrected chi connectivity index (χ0v) is 33.5. The van der Waals surface area contributed by atoms with E-state index >= 15 is 0 Å². The van der Waals surface area contributed by atoms with Crippen LogP contribution in [0.2, 0.25) is 10.0 Å². The second kappa shape index (κ2) is 20.6. The van der Waals surface area contributed by atoms with E-state index in [0.717, 1.165) is 37.1 Å². The standard InChI is InChI=1S/2C20H19ClF3N3O3/c2*1-29-27-17(13-2-3-13)10-25-18(28)14-8-16(12-4-6-15(21)7-5-12)19(26-9-14)30-11-20(22,23)24/h2*4-9,13H,2-3,10-11H2,1H3,(H,25,28)/b27-17+;27-17-. The maximum Gasteiger partial charge on any atom is 0.422 e. The van der Waals surface area contributed by atoms with Crippen molar-refractivity contribution in [3.63, 3.8) is 0 Å². The molecule has 2 fully saturated rings. The lowest BCUT2D eigenvalue weighted by Crippen LogP contribution is -2.30. The lowest BCUT2D eigenvalue weighted by Gasteiger charge is -2.14. The van der Waals surface area contributed by atoms with E-state index in [1.165, 1.54) is 38.7 Å². The maximum atomic E-state index is 12.6. The van der Waals surface area contributed by atoms with E-state index in [1.54, 1.807) is 48.5 Å². The molecule has 2 saturated carbocycles. The van der Waals surface area contributed by atoms with Crippen molar-refractivity contribution in [2.24, 2.45) is 22.1 Å². The van der Waals surface area contributed by atoms with Gasteiger partial charge in [-0.25, -0.2) is 9.97 Å². The number of carbonyl (C=O) groups is 2. The van der Waals surface area contributed by atoms with Crippen molar-refractivity contribution in [2.75, 3.05) is 40.5 Å². The van der Waals surface area contributed by atoms with E-state index in [9.17, 15) is 35.9 Å². The van der Waals surface area contributed by atoms with Crippen LogP contribution in [0.25, 0.3) is 22.3 Å². The summed E-state index contributed by atoms with van der Waals surface area (Å²) in [5, 5.41) is 14.3. The van der Waals surface area contributed by atoms with Gasteiger partial charge in [-0.1, -0.05) is 57.8 Å². The normalized spacial score (nSPS) is 14.4. The van der Waals surface area contributed by atoms with E-state index in [4.69, 9.17) is 42.4 Å². The zero-order valence-electron chi connectivity index (χ0n) is 32.0. The summed E-state index contributed by atoms with van der Waals surface area (Å²) in [6.45, 7) is -2.57. The van der Waals surface area contributed by atoms with Crippen LogP contribution < -0.4 is 20.1 Å². The first-order valence-electron chi connectivity index (χ1n) is 18.2. The number of benzene rings is 2. The number of ether oxygens (including phenoxy) is 2. The van der Waals surface area contributed by atoms with Crippen molar-refractivity contribution >= 4 is 46.4 Å². The molecule has 20 heteroatoms. The molecule has 60 heavy (non-hydrogen) atoms. The smallest absolute Gasteiger partial charge is 0.422 e. The fraction of sp³-hybridized carbons (Fsp3) is 0.350. The molecule has 2 heterocycles. The van der Waals surface area contributed by atoms with E-state index in [1.807, 2.05) is 0 Å². The molecule has 0 aliphatic heterocycles. The van der Waals surface area contributed by atoms with E-state index in [-0.39, 0.29) is 47.1 Å². The molecule has 2 amide bonds. The van der Waals surface area contributed by atoms with Crippen LogP contribution in [0.5, 0.6) is 11.8 Å². The minimum absolute atomic E-state index is 0.173. The van der Waals surface area contributed by atoms with Gasteiger partial charge in [0.1, 0.15) is 14.2 Å². The highest BCUT2D eigenvalue weighted by atomic mass is 35.5. The van der Waals surface area contributed by atoms with E-state index in [2.05, 4.69) is 30.9 Å². The molecule has 2 aliphatic carbocycles. The molecule has 0 saturated heterocycles. The Bertz CT molecular complexity index is 2010. The van der Waals surface area contributed by atoms with Gasteiger partial charge in [-0.05, 0) is 73.2 Å². The number of hydrogen-bond donors (Lipinski definition) is 2. The van der Waals surface area contributed by atoms with Gasteiger partial charge >= 0.3 is 12.4 Å². The summed E-state index contributed by atoms with van der Waals surface area (Å²) in [6, 6.07) is 15.6. The minimum atomic E-state index is -4.52. The first kappa shape index (κ1) is 45.5. The quantitative estimate of drug-likeness (QED) is 0.0645. The van der Waals surface area contributed by atoms with E-state index < -0.39 is 37.4 Å². The van der Waals surface area contributed by atoms with Crippen molar-refractivity contribution in [1.29, 1.82) is 0 Å². The third-order valence-corrected chi connectivity index (χ3v) is 9.16. The molecule has 0 atom stereocenters. The van der Waals surface area contributed by atoms with Gasteiger partial charge in [-0.15, -0.1) is 0 Å². The van der Waals surface area contributed by atoms with Crippen LogP contribution in [0.3, 0.4) is 0 Å². The molecular weight excluding hydrogens is 845 g/mol. The van der Waals surface area contributed by atoms with Crippen molar-refractivity contribution in [1.82, 2.24) is 20.6 Å². The Morgan fingerprint density at radius 1 is 0.650 bits per heavy atom. The molecule has 320 valence electrons. The monoisotopic (exact) mass is 882 g/mol. The number of aromatic nitrogens is 2. The van der Waals surface area contributed by atoms with Gasteiger partial charge < -0.3 is 29.8 Å². The number of pyridine rings is 2. The molecule has 2 aliphatic rings. The Hall–Kier alpha value is -5.62. The van der Waals surface area contributed by atoms with Gasteiger partial charge in [-0.3, -0.25) is 9.59 Å². The molecule has 0 spiro atoms. The van der Waals surface area contributed by atoms with Gasteiger partial charge in [0.05, 0.1) is 35.6 Å². The van der Waals surface area contributed by atoms with Crippen LogP contribution in [0, 0.1) is 11.8 Å². The number of nitrogens with zero attached hydrogens (tertiary/aromatic N) is 4. The van der Waals surface area contributed by atoms with Gasteiger partial charge in [0.2, 0.25) is 11.8 Å². The van der Waals surface area contributed by atoms with Gasteiger partial charge in [0, 0.05) is 45.4 Å². The average molecular weight is 884 g/mol. The highest BCUT2D eigenvalue weighted by Crippen LogP contribution is 2.34. The molecule has 4 aromatic rings. The number of rotatable bonds is 16. The molecule has 0 unspecified atom stereocenters. The fourth-order valence-corrected chi connectivity index (χ4v) is 5.72. The molecule has 2 N–H and O–H groups in total. The largest absolute Gasteiger partial charge is 0.468 e. The van der Waals surface area contributed by atoms with Crippen LogP contribution in [-0.2, 0) is 9.68 Å². The number of halogens is 8. The number of nitrogens with one attached hydrogen (secondary N) is 2. The summed E-state index contributed by atoms with van der Waals surface area (Å²) < 4.78 is 85.2. The topological polar surface area (TPSA) is 146 Å². The highest BCUT2D eigenvalue weighted by molar-refractivity contribution is 6.31. The van der Waals surface area contributed by atoms with Crippen molar-refractivity contribution in [2.45, 2.75) is 38.0 Å². The SMILES string of the molecule is CO/N=C(/CNC(=O)c1cnc(OCC(F)(F)F)c(-c2ccc(Cl)cc2)c1)C1CC1.CO/N=C(\CNC(=O)c1cnc(OCC(F)(F)F)c(-c2ccc(Cl)cc2)c1)C1CC1. The second-order valence-electron chi connectivity index (χ2n) is 13.4. The lowest BCUT2D eigenvalue weighted by atomic mass is 10.0. The number of oxime groups is 2. The molecule has 12 nitrogen and oxygen atoms in total. The maximum absolute atomic E-state index is 12.6.